The van der Waals surface area contributed by atoms with Crippen LogP contribution in [0.2, 0.25) is 0 Å². The second kappa shape index (κ2) is 5.96. The third kappa shape index (κ3) is 2.94. The number of hydrazone groups is 1. The summed E-state index contributed by atoms with van der Waals surface area (Å²) in [6.07, 6.45) is 3.03. The molecule has 3 heteroatoms. The summed E-state index contributed by atoms with van der Waals surface area (Å²) in [6.45, 7) is 1.97. The smallest absolute Gasteiger partial charge is 0.240 e. The highest BCUT2D eigenvalue weighted by atomic mass is 16.2. The summed E-state index contributed by atoms with van der Waals surface area (Å²) in [5, 5.41) is 6.29. The minimum absolute atomic E-state index is 0.0472. The maximum atomic E-state index is 11.3. The standard InChI is InChI=1S/C15H16N2O/c1-2-6-15(18)17-16-11-13-9-5-8-12-7-3-4-10-14(12)13/h3-5,7-11H,2,6H2,1H3,(H,17,18)/b16-11+. The van der Waals surface area contributed by atoms with Crippen molar-refractivity contribution in [3.8, 4) is 0 Å². The fourth-order valence-corrected chi connectivity index (χ4v) is 1.82. The zero-order valence-corrected chi connectivity index (χ0v) is 10.4. The summed E-state index contributed by atoms with van der Waals surface area (Å²) < 4.78 is 0. The molecule has 1 N–H and O–H groups in total. The third-order valence-electron chi connectivity index (χ3n) is 2.69. The average Bonchev–Trinajstić information content (AvgIpc) is 2.39. The summed E-state index contributed by atoms with van der Waals surface area (Å²) in [5.41, 5.74) is 3.53. The lowest BCUT2D eigenvalue weighted by Crippen LogP contribution is -2.16. The lowest BCUT2D eigenvalue weighted by molar-refractivity contribution is -0.121. The molecule has 0 aliphatic rings. The van der Waals surface area contributed by atoms with Gasteiger partial charge in [0.1, 0.15) is 0 Å². The van der Waals surface area contributed by atoms with Crippen LogP contribution in [0.4, 0.5) is 0 Å². The lowest BCUT2D eigenvalue weighted by atomic mass is 10.1. The molecule has 0 aliphatic carbocycles. The van der Waals surface area contributed by atoms with E-state index in [4.69, 9.17) is 0 Å². The molecule has 18 heavy (non-hydrogen) atoms. The minimum atomic E-state index is -0.0472. The number of fused-ring (bicyclic) bond motifs is 1. The van der Waals surface area contributed by atoms with E-state index < -0.39 is 0 Å². The molecule has 0 aliphatic heterocycles. The van der Waals surface area contributed by atoms with Crippen LogP contribution < -0.4 is 5.43 Å². The summed E-state index contributed by atoms with van der Waals surface area (Å²) in [4.78, 5) is 11.3. The quantitative estimate of drug-likeness (QED) is 0.647. The number of nitrogens with one attached hydrogen (secondary N) is 1. The molecule has 2 aromatic carbocycles. The number of hydrogen-bond donors (Lipinski definition) is 1. The van der Waals surface area contributed by atoms with Crippen molar-refractivity contribution in [1.29, 1.82) is 0 Å². The summed E-state index contributed by atoms with van der Waals surface area (Å²) >= 11 is 0. The molecular formula is C15H16N2O. The first-order valence-corrected chi connectivity index (χ1v) is 6.11. The average molecular weight is 240 g/mol. The Morgan fingerprint density at radius 1 is 1.22 bits per heavy atom. The Kier molecular flexibility index (Phi) is 4.07. The maximum absolute atomic E-state index is 11.3. The molecule has 0 aromatic heterocycles. The van der Waals surface area contributed by atoms with E-state index >= 15 is 0 Å². The van der Waals surface area contributed by atoms with Crippen LogP contribution in [0, 0.1) is 0 Å². The first kappa shape index (κ1) is 12.3. The predicted molar refractivity (Wildman–Crippen MR) is 74.6 cm³/mol. The largest absolute Gasteiger partial charge is 0.273 e. The van der Waals surface area contributed by atoms with Crippen molar-refractivity contribution in [2.45, 2.75) is 19.8 Å². The highest BCUT2D eigenvalue weighted by molar-refractivity contribution is 5.99. The van der Waals surface area contributed by atoms with Gasteiger partial charge in [0.25, 0.3) is 0 Å². The summed E-state index contributed by atoms with van der Waals surface area (Å²) in [7, 11) is 0. The van der Waals surface area contributed by atoms with Gasteiger partial charge in [-0.05, 0) is 17.2 Å². The first-order chi connectivity index (χ1) is 8.81. The van der Waals surface area contributed by atoms with Gasteiger partial charge in [0.15, 0.2) is 0 Å². The number of amides is 1. The summed E-state index contributed by atoms with van der Waals surface area (Å²) in [6, 6.07) is 14.1. The number of nitrogens with zero attached hydrogens (tertiary/aromatic N) is 1. The van der Waals surface area contributed by atoms with E-state index in [2.05, 4.69) is 22.7 Å². The Morgan fingerprint density at radius 3 is 2.83 bits per heavy atom. The van der Waals surface area contributed by atoms with E-state index in [1.807, 2.05) is 37.3 Å². The molecule has 0 radical (unpaired) electrons. The van der Waals surface area contributed by atoms with E-state index in [0.717, 1.165) is 17.4 Å². The van der Waals surface area contributed by atoms with Crippen molar-refractivity contribution in [2.75, 3.05) is 0 Å². The van der Waals surface area contributed by atoms with Crippen molar-refractivity contribution in [1.82, 2.24) is 5.43 Å². The van der Waals surface area contributed by atoms with Crippen molar-refractivity contribution < 1.29 is 4.79 Å². The SMILES string of the molecule is CCCC(=O)N/N=C/c1cccc2ccccc12. The number of carbonyl (C=O) groups excluding carboxylic acids is 1. The molecule has 0 saturated heterocycles. The molecule has 0 fully saturated rings. The van der Waals surface area contributed by atoms with E-state index in [1.165, 1.54) is 5.39 Å². The molecule has 3 nitrogen and oxygen atoms in total. The normalized spacial score (nSPS) is 10.9. The Labute approximate surface area is 107 Å². The molecule has 92 valence electrons. The van der Waals surface area contributed by atoms with Crippen molar-refractivity contribution in [3.63, 3.8) is 0 Å². The van der Waals surface area contributed by atoms with Gasteiger partial charge in [0.05, 0.1) is 6.21 Å². The molecule has 2 rings (SSSR count). The lowest BCUT2D eigenvalue weighted by Gasteiger charge is -2.01. The van der Waals surface area contributed by atoms with E-state index in [-0.39, 0.29) is 5.91 Å². The number of rotatable bonds is 4. The molecule has 0 atom stereocenters. The molecule has 1 amide bonds. The van der Waals surface area contributed by atoms with Gasteiger partial charge < -0.3 is 0 Å². The molecule has 0 bridgehead atoms. The predicted octanol–water partition coefficient (Wildman–Crippen LogP) is 3.09. The minimum Gasteiger partial charge on any atom is -0.273 e. The van der Waals surface area contributed by atoms with Gasteiger partial charge in [-0.3, -0.25) is 4.79 Å². The van der Waals surface area contributed by atoms with Crippen molar-refractivity contribution >= 4 is 22.9 Å². The Hall–Kier alpha value is -2.16. The van der Waals surface area contributed by atoms with Crippen LogP contribution in [0.1, 0.15) is 25.3 Å². The van der Waals surface area contributed by atoms with E-state index in [9.17, 15) is 4.79 Å². The van der Waals surface area contributed by atoms with Crippen LogP contribution >= 0.6 is 0 Å². The fraction of sp³-hybridized carbons (Fsp3) is 0.200. The molecule has 0 saturated carbocycles. The zero-order valence-electron chi connectivity index (χ0n) is 10.4. The number of carbonyl (C=O) groups is 1. The monoisotopic (exact) mass is 240 g/mol. The Bertz CT molecular complexity index is 570. The molecular weight excluding hydrogens is 224 g/mol. The van der Waals surface area contributed by atoms with Gasteiger partial charge >= 0.3 is 0 Å². The Morgan fingerprint density at radius 2 is 2.00 bits per heavy atom. The van der Waals surface area contributed by atoms with Gasteiger partial charge in [-0.2, -0.15) is 5.10 Å². The van der Waals surface area contributed by atoms with Crippen LogP contribution in [-0.2, 0) is 4.79 Å². The number of benzene rings is 2. The summed E-state index contributed by atoms with van der Waals surface area (Å²) in [5.74, 6) is -0.0472. The zero-order chi connectivity index (χ0) is 12.8. The van der Waals surface area contributed by atoms with Crippen LogP contribution in [0.3, 0.4) is 0 Å². The van der Waals surface area contributed by atoms with Gasteiger partial charge in [-0.15, -0.1) is 0 Å². The second-order valence-corrected chi connectivity index (χ2v) is 4.11. The number of hydrogen-bond acceptors (Lipinski definition) is 2. The molecule has 0 unspecified atom stereocenters. The van der Waals surface area contributed by atoms with Crippen molar-refractivity contribution in [3.05, 3.63) is 48.0 Å². The molecule has 2 aromatic rings. The van der Waals surface area contributed by atoms with Crippen LogP contribution in [0.25, 0.3) is 10.8 Å². The van der Waals surface area contributed by atoms with Gasteiger partial charge in [-0.1, -0.05) is 49.4 Å². The Balaban J connectivity index is 2.16. The van der Waals surface area contributed by atoms with Gasteiger partial charge in [0.2, 0.25) is 5.91 Å². The van der Waals surface area contributed by atoms with Crippen LogP contribution in [-0.4, -0.2) is 12.1 Å². The third-order valence-corrected chi connectivity index (χ3v) is 2.69. The first-order valence-electron chi connectivity index (χ1n) is 6.11. The molecule has 0 heterocycles. The van der Waals surface area contributed by atoms with Gasteiger partial charge in [0, 0.05) is 12.0 Å². The molecule has 0 spiro atoms. The van der Waals surface area contributed by atoms with Crippen LogP contribution in [0.5, 0.6) is 0 Å². The van der Waals surface area contributed by atoms with E-state index in [1.54, 1.807) is 6.21 Å². The van der Waals surface area contributed by atoms with Gasteiger partial charge in [-0.25, -0.2) is 5.43 Å². The highest BCUT2D eigenvalue weighted by Gasteiger charge is 1.98. The van der Waals surface area contributed by atoms with Crippen LogP contribution in [0.15, 0.2) is 47.6 Å². The topological polar surface area (TPSA) is 41.5 Å². The highest BCUT2D eigenvalue weighted by Crippen LogP contribution is 2.16. The van der Waals surface area contributed by atoms with Crippen molar-refractivity contribution in [2.24, 2.45) is 5.10 Å². The fourth-order valence-electron chi connectivity index (χ4n) is 1.82. The second-order valence-electron chi connectivity index (χ2n) is 4.11. The maximum Gasteiger partial charge on any atom is 0.240 e. The van der Waals surface area contributed by atoms with E-state index in [0.29, 0.717) is 6.42 Å².